The summed E-state index contributed by atoms with van der Waals surface area (Å²) in [5.74, 6) is 0. The Labute approximate surface area is 232 Å². The first-order valence-corrected chi connectivity index (χ1v) is 13.7. The van der Waals surface area contributed by atoms with Gasteiger partial charge in [0.15, 0.2) is 0 Å². The molecule has 3 aromatic carbocycles. The molecule has 0 aliphatic rings. The van der Waals surface area contributed by atoms with Gasteiger partial charge in [0.2, 0.25) is 0 Å². The van der Waals surface area contributed by atoms with Crippen molar-refractivity contribution in [3.05, 3.63) is 115 Å². The van der Waals surface area contributed by atoms with Crippen LogP contribution in [0.15, 0.2) is 104 Å². The first-order chi connectivity index (χ1) is 18.5. The summed E-state index contributed by atoms with van der Waals surface area (Å²) < 4.78 is 3.95. The molecule has 0 N–H and O–H groups in total. The lowest BCUT2D eigenvalue weighted by atomic mass is 9.89. The van der Waals surface area contributed by atoms with Crippen LogP contribution < -0.4 is 4.90 Å². The smallest absolute Gasteiger partial charge is 0.0666 e. The molecule has 39 heavy (non-hydrogen) atoms. The van der Waals surface area contributed by atoms with Gasteiger partial charge in [-0.25, -0.2) is 9.36 Å². The Morgan fingerprint density at radius 3 is 1.44 bits per heavy atom. The van der Waals surface area contributed by atoms with Crippen molar-refractivity contribution in [2.24, 2.45) is 10.8 Å². The van der Waals surface area contributed by atoms with Gasteiger partial charge >= 0.3 is 0 Å². The molecular weight excluding hydrogens is 478 g/mol. The normalized spacial score (nSPS) is 12.1. The fraction of sp³-hybridized carbons (Fsp3) is 0.294. The van der Waals surface area contributed by atoms with Gasteiger partial charge in [0.05, 0.1) is 23.8 Å². The first-order valence-electron chi connectivity index (χ1n) is 13.7. The Bertz CT molecular complexity index is 1430. The van der Waals surface area contributed by atoms with E-state index >= 15 is 0 Å². The van der Waals surface area contributed by atoms with Gasteiger partial charge in [-0.1, -0.05) is 71.9 Å². The van der Waals surface area contributed by atoms with E-state index in [1.807, 2.05) is 21.8 Å². The third-order valence-corrected chi connectivity index (χ3v) is 6.46. The minimum atomic E-state index is 0.215. The molecular formula is C34H39N5. The molecule has 5 rings (SSSR count). The minimum Gasteiger partial charge on any atom is -0.310 e. The van der Waals surface area contributed by atoms with Crippen molar-refractivity contribution in [2.45, 2.75) is 54.4 Å². The third-order valence-electron chi connectivity index (χ3n) is 6.46. The zero-order chi connectivity index (χ0) is 27.6. The van der Waals surface area contributed by atoms with E-state index in [0.717, 1.165) is 41.3 Å². The van der Waals surface area contributed by atoms with Gasteiger partial charge < -0.3 is 4.90 Å². The quantitative estimate of drug-likeness (QED) is 0.217. The highest BCUT2D eigenvalue weighted by molar-refractivity contribution is 5.78. The zero-order valence-electron chi connectivity index (χ0n) is 24.0. The number of nitrogens with zero attached hydrogens (tertiary/aromatic N) is 5. The summed E-state index contributed by atoms with van der Waals surface area (Å²) in [6, 6.07) is 27.6. The summed E-state index contributed by atoms with van der Waals surface area (Å²) in [4.78, 5) is 2.28. The average molecular weight is 518 g/mol. The summed E-state index contributed by atoms with van der Waals surface area (Å²) in [5.41, 5.74) is 8.20. The number of hydrogen-bond donors (Lipinski definition) is 0. The molecule has 0 atom stereocenters. The van der Waals surface area contributed by atoms with Gasteiger partial charge in [-0.3, -0.25) is 0 Å². The van der Waals surface area contributed by atoms with E-state index < -0.39 is 0 Å². The van der Waals surface area contributed by atoms with Gasteiger partial charge in [0.25, 0.3) is 0 Å². The standard InChI is InChI=1S/C34H39N5/c1-33(2,3)20-26-22-35-37(24-26)29-14-10-16-31(18-29)39(28-12-8-7-9-13-28)32-17-11-15-30(19-32)38-25-27(23-36-38)21-34(4,5)6/h7-19,22-25H,20-21H2,1-6H3. The van der Waals surface area contributed by atoms with E-state index in [-0.39, 0.29) is 10.8 Å². The maximum atomic E-state index is 4.68. The predicted octanol–water partition coefficient (Wildman–Crippen LogP) is 8.71. The molecule has 0 amide bonds. The number of hydrogen-bond acceptors (Lipinski definition) is 3. The number of anilines is 3. The van der Waals surface area contributed by atoms with Crippen molar-refractivity contribution in [3.8, 4) is 11.4 Å². The van der Waals surface area contributed by atoms with Crippen LogP contribution in [0.5, 0.6) is 0 Å². The molecule has 5 aromatic rings. The molecule has 5 nitrogen and oxygen atoms in total. The van der Waals surface area contributed by atoms with Crippen LogP contribution in [0.2, 0.25) is 0 Å². The highest BCUT2D eigenvalue weighted by Crippen LogP contribution is 2.36. The van der Waals surface area contributed by atoms with Crippen LogP contribution in [0, 0.1) is 10.8 Å². The van der Waals surface area contributed by atoms with E-state index in [0.29, 0.717) is 0 Å². The lowest BCUT2D eigenvalue weighted by Gasteiger charge is -2.26. The highest BCUT2D eigenvalue weighted by Gasteiger charge is 2.17. The molecule has 5 heteroatoms. The van der Waals surface area contributed by atoms with Crippen molar-refractivity contribution in [1.82, 2.24) is 19.6 Å². The van der Waals surface area contributed by atoms with Crippen molar-refractivity contribution < 1.29 is 0 Å². The van der Waals surface area contributed by atoms with Gasteiger partial charge in [-0.15, -0.1) is 0 Å². The molecule has 0 bridgehead atoms. The Hall–Kier alpha value is -4.12. The van der Waals surface area contributed by atoms with Gasteiger partial charge in [-0.05, 0) is 83.3 Å². The minimum absolute atomic E-state index is 0.215. The predicted molar refractivity (Wildman–Crippen MR) is 162 cm³/mol. The van der Waals surface area contributed by atoms with Crippen LogP contribution in [0.4, 0.5) is 17.1 Å². The van der Waals surface area contributed by atoms with E-state index in [9.17, 15) is 0 Å². The third kappa shape index (κ3) is 6.66. The summed E-state index contributed by atoms with van der Waals surface area (Å²) in [6.07, 6.45) is 10.2. The number of para-hydroxylation sites is 1. The van der Waals surface area contributed by atoms with Gasteiger partial charge in [0.1, 0.15) is 0 Å². The largest absolute Gasteiger partial charge is 0.310 e. The van der Waals surface area contributed by atoms with Gasteiger partial charge in [-0.2, -0.15) is 10.2 Å². The Kier molecular flexibility index (Phi) is 7.17. The maximum absolute atomic E-state index is 4.68. The maximum Gasteiger partial charge on any atom is 0.0666 e. The molecule has 0 fully saturated rings. The van der Waals surface area contributed by atoms with Crippen LogP contribution in [-0.4, -0.2) is 19.6 Å². The summed E-state index contributed by atoms with van der Waals surface area (Å²) >= 11 is 0. The van der Waals surface area contributed by atoms with Crippen molar-refractivity contribution in [1.29, 1.82) is 0 Å². The van der Waals surface area contributed by atoms with Crippen LogP contribution in [0.1, 0.15) is 52.7 Å². The first kappa shape index (κ1) is 26.5. The number of aromatic nitrogens is 4. The van der Waals surface area contributed by atoms with Crippen molar-refractivity contribution in [2.75, 3.05) is 4.90 Å². The summed E-state index contributed by atoms with van der Waals surface area (Å²) in [6.45, 7) is 13.5. The second-order valence-corrected chi connectivity index (χ2v) is 12.8. The van der Waals surface area contributed by atoms with E-state index in [2.05, 4.69) is 148 Å². The Morgan fingerprint density at radius 2 is 1.00 bits per heavy atom. The summed E-state index contributed by atoms with van der Waals surface area (Å²) in [5, 5.41) is 9.37. The molecule has 0 radical (unpaired) electrons. The SMILES string of the molecule is CC(C)(C)Cc1cnn(-c2cccc(N(c3ccccc3)c3cccc(-n4cc(CC(C)(C)C)cn4)c3)c2)c1. The lowest BCUT2D eigenvalue weighted by Crippen LogP contribution is -2.11. The van der Waals surface area contributed by atoms with Crippen LogP contribution in [-0.2, 0) is 12.8 Å². The topological polar surface area (TPSA) is 38.9 Å². The lowest BCUT2D eigenvalue weighted by molar-refractivity contribution is 0.411. The summed E-state index contributed by atoms with van der Waals surface area (Å²) in [7, 11) is 0. The van der Waals surface area contributed by atoms with Crippen LogP contribution >= 0.6 is 0 Å². The molecule has 0 unspecified atom stereocenters. The van der Waals surface area contributed by atoms with E-state index in [1.165, 1.54) is 11.1 Å². The average Bonchev–Trinajstić information content (AvgIpc) is 3.53. The molecule has 0 saturated heterocycles. The molecule has 0 aliphatic carbocycles. The van der Waals surface area contributed by atoms with Crippen LogP contribution in [0.25, 0.3) is 11.4 Å². The fourth-order valence-electron chi connectivity index (χ4n) is 4.98. The number of rotatable bonds is 7. The highest BCUT2D eigenvalue weighted by atomic mass is 15.3. The Balaban J connectivity index is 1.52. The second kappa shape index (κ2) is 10.6. The zero-order valence-corrected chi connectivity index (χ0v) is 24.0. The molecule has 0 saturated carbocycles. The fourth-order valence-corrected chi connectivity index (χ4v) is 4.98. The van der Waals surface area contributed by atoms with Gasteiger partial charge in [0, 0.05) is 29.5 Å². The van der Waals surface area contributed by atoms with E-state index in [4.69, 9.17) is 0 Å². The Morgan fingerprint density at radius 1 is 0.564 bits per heavy atom. The van der Waals surface area contributed by atoms with E-state index in [1.54, 1.807) is 0 Å². The van der Waals surface area contributed by atoms with Crippen molar-refractivity contribution >= 4 is 17.1 Å². The molecule has 0 spiro atoms. The van der Waals surface area contributed by atoms with Crippen molar-refractivity contribution in [3.63, 3.8) is 0 Å². The number of benzene rings is 3. The molecule has 200 valence electrons. The monoisotopic (exact) mass is 517 g/mol. The van der Waals surface area contributed by atoms with Crippen LogP contribution in [0.3, 0.4) is 0 Å². The molecule has 2 aromatic heterocycles. The molecule has 0 aliphatic heterocycles. The second-order valence-electron chi connectivity index (χ2n) is 12.8. The molecule has 2 heterocycles.